The Morgan fingerprint density at radius 2 is 1.87 bits per heavy atom. The maximum atomic E-state index is 14.3. The fourth-order valence-corrected chi connectivity index (χ4v) is 6.22. The molecule has 9 nitrogen and oxygen atoms in total. The second-order valence-electron chi connectivity index (χ2n) is 10.3. The van der Waals surface area contributed by atoms with E-state index in [2.05, 4.69) is 0 Å². The third kappa shape index (κ3) is 4.62. The van der Waals surface area contributed by atoms with Crippen LogP contribution in [0.2, 0.25) is 0 Å². The number of aliphatic hydroxyl groups is 1. The quantitative estimate of drug-likeness (QED) is 0.332. The number of ether oxygens (including phenoxy) is 3. The van der Waals surface area contributed by atoms with Gasteiger partial charge in [0.15, 0.2) is 0 Å². The molecular weight excluding hydrogens is 488 g/mol. The minimum atomic E-state index is -1.28. The molecule has 204 valence electrons. The maximum Gasteiger partial charge on any atom is 0.312 e. The molecule has 1 N–H and O–H groups in total. The number of rotatable bonds is 7. The van der Waals surface area contributed by atoms with E-state index in [0.29, 0.717) is 50.4 Å². The molecule has 9 heteroatoms. The number of carbonyl (C=O) groups excluding carboxylic acids is 3. The molecule has 1 unspecified atom stereocenters. The number of aliphatic hydroxyl groups excluding tert-OH is 1. The fourth-order valence-electron chi connectivity index (χ4n) is 6.22. The number of unbranched alkanes of at least 4 members (excludes halogenated alkanes) is 2. The van der Waals surface area contributed by atoms with Crippen molar-refractivity contribution in [1.82, 2.24) is 4.90 Å². The minimum Gasteiger partial charge on any atom is -0.497 e. The molecule has 0 aromatic heterocycles. The van der Waals surface area contributed by atoms with Crippen LogP contribution in [-0.2, 0) is 23.9 Å². The highest BCUT2D eigenvalue weighted by atomic mass is 16.6. The number of anilines is 1. The molecule has 0 aliphatic carbocycles. The number of nitrogens with zero attached hydrogens (tertiary/aromatic N) is 2. The lowest BCUT2D eigenvalue weighted by atomic mass is 9.78. The predicted molar refractivity (Wildman–Crippen MR) is 139 cm³/mol. The molecule has 5 atom stereocenters. The van der Waals surface area contributed by atoms with Crippen LogP contribution in [-0.4, -0.2) is 79.0 Å². The Bertz CT molecular complexity index is 1100. The zero-order chi connectivity index (χ0) is 26.7. The van der Waals surface area contributed by atoms with E-state index >= 15 is 0 Å². The van der Waals surface area contributed by atoms with E-state index in [-0.39, 0.29) is 18.4 Å². The Morgan fingerprint density at radius 1 is 1.05 bits per heavy atom. The zero-order valence-corrected chi connectivity index (χ0v) is 21.8. The average molecular weight is 525 g/mol. The Labute approximate surface area is 223 Å². The van der Waals surface area contributed by atoms with Gasteiger partial charge in [-0.3, -0.25) is 14.4 Å². The number of allylic oxidation sites excluding steroid dienone is 1. The molecular formula is C29H36N2O7. The van der Waals surface area contributed by atoms with Gasteiger partial charge in [-0.2, -0.15) is 0 Å². The smallest absolute Gasteiger partial charge is 0.312 e. The van der Waals surface area contributed by atoms with Crippen LogP contribution in [0.5, 0.6) is 5.75 Å². The number of hydrogen-bond donors (Lipinski definition) is 1. The Morgan fingerprint density at radius 3 is 2.63 bits per heavy atom. The van der Waals surface area contributed by atoms with Crippen LogP contribution in [0.25, 0.3) is 0 Å². The number of benzene rings is 1. The lowest BCUT2D eigenvalue weighted by molar-refractivity contribution is -0.154. The molecule has 2 saturated heterocycles. The van der Waals surface area contributed by atoms with Crippen molar-refractivity contribution < 1.29 is 33.7 Å². The topological polar surface area (TPSA) is 106 Å². The lowest BCUT2D eigenvalue weighted by Gasteiger charge is -2.35. The van der Waals surface area contributed by atoms with Crippen molar-refractivity contribution in [2.24, 2.45) is 11.8 Å². The van der Waals surface area contributed by atoms with Crippen LogP contribution < -0.4 is 9.64 Å². The summed E-state index contributed by atoms with van der Waals surface area (Å²) >= 11 is 0. The van der Waals surface area contributed by atoms with Gasteiger partial charge in [0.2, 0.25) is 5.91 Å². The van der Waals surface area contributed by atoms with Gasteiger partial charge in [0, 0.05) is 25.4 Å². The average Bonchev–Trinajstić information content (AvgIpc) is 3.31. The Balaban J connectivity index is 1.54. The van der Waals surface area contributed by atoms with Crippen LogP contribution >= 0.6 is 0 Å². The van der Waals surface area contributed by atoms with Crippen LogP contribution in [0.15, 0.2) is 48.6 Å². The van der Waals surface area contributed by atoms with Crippen molar-refractivity contribution in [3.05, 3.63) is 48.6 Å². The number of cyclic esters (lactones) is 1. The number of likely N-dealkylation sites (tertiary alicyclic amines) is 1. The normalized spacial score (nSPS) is 31.8. The van der Waals surface area contributed by atoms with Crippen molar-refractivity contribution in [3.63, 3.8) is 0 Å². The Hall–Kier alpha value is -3.17. The van der Waals surface area contributed by atoms with Gasteiger partial charge in [0.1, 0.15) is 23.3 Å². The Kier molecular flexibility index (Phi) is 7.85. The van der Waals surface area contributed by atoms with Crippen molar-refractivity contribution >= 4 is 23.5 Å². The molecule has 1 aromatic carbocycles. The van der Waals surface area contributed by atoms with Crippen LogP contribution in [0, 0.1) is 11.8 Å². The zero-order valence-electron chi connectivity index (χ0n) is 21.8. The summed E-state index contributed by atoms with van der Waals surface area (Å²) in [7, 11) is 1.59. The third-order valence-electron chi connectivity index (χ3n) is 8.04. The summed E-state index contributed by atoms with van der Waals surface area (Å²) in [4.78, 5) is 45.0. The van der Waals surface area contributed by atoms with Crippen LogP contribution in [0.1, 0.15) is 38.5 Å². The van der Waals surface area contributed by atoms with E-state index in [1.54, 1.807) is 29.0 Å². The molecule has 2 amide bonds. The summed E-state index contributed by atoms with van der Waals surface area (Å²) in [6.07, 6.45) is 11.4. The van der Waals surface area contributed by atoms with Crippen molar-refractivity contribution in [2.45, 2.75) is 56.3 Å². The molecule has 1 spiro atoms. The van der Waals surface area contributed by atoms with E-state index < -0.39 is 35.6 Å². The number of hydrogen-bond acceptors (Lipinski definition) is 7. The standard InChI is InChI=1S/C29H36N2O7/c1-36-21-13-11-20(12-14-21)30-17-9-15-29-24(23-22(38-29)10-5-2-3-8-19-37-28(23)35)26(33)31(25(29)27(30)34)16-6-4-7-18-32/h5,9-15,22-25,32H,2-4,6-8,16-19H2,1H3/b10-5-/t22-,23+,24-,25?,29-/m0/s1. The van der Waals surface area contributed by atoms with E-state index in [1.807, 2.05) is 36.4 Å². The number of fused-ring (bicyclic) bond motifs is 2. The molecule has 4 heterocycles. The van der Waals surface area contributed by atoms with E-state index in [9.17, 15) is 19.5 Å². The summed E-state index contributed by atoms with van der Waals surface area (Å²) in [5.74, 6) is -1.97. The maximum absolute atomic E-state index is 14.3. The molecule has 2 fully saturated rings. The monoisotopic (exact) mass is 524 g/mol. The first kappa shape index (κ1) is 26.4. The van der Waals surface area contributed by atoms with Crippen molar-refractivity contribution in [2.75, 3.05) is 38.3 Å². The summed E-state index contributed by atoms with van der Waals surface area (Å²) in [6.45, 7) is 1.02. The fraction of sp³-hybridized carbons (Fsp3) is 0.552. The van der Waals surface area contributed by atoms with Gasteiger partial charge in [-0.25, -0.2) is 0 Å². The SMILES string of the molecule is COc1ccc(N2CC=C[C@]34O[C@H]5/C=C\CCCCOC(=O)[C@H]5[C@H]3C(=O)N(CCCCCO)C4C2=O)cc1. The number of esters is 1. The summed E-state index contributed by atoms with van der Waals surface area (Å²) in [5.41, 5.74) is -0.594. The van der Waals surface area contributed by atoms with Crippen LogP contribution in [0.4, 0.5) is 5.69 Å². The van der Waals surface area contributed by atoms with Gasteiger partial charge in [-0.15, -0.1) is 0 Å². The van der Waals surface area contributed by atoms with Crippen molar-refractivity contribution in [3.8, 4) is 5.75 Å². The molecule has 0 saturated carbocycles. The lowest BCUT2D eigenvalue weighted by Crippen LogP contribution is -2.55. The van der Waals surface area contributed by atoms with Gasteiger partial charge in [0.05, 0.1) is 25.7 Å². The summed E-state index contributed by atoms with van der Waals surface area (Å²) in [5, 5.41) is 9.22. The molecule has 4 aliphatic heterocycles. The van der Waals surface area contributed by atoms with Gasteiger partial charge >= 0.3 is 5.97 Å². The highest BCUT2D eigenvalue weighted by Gasteiger charge is 2.71. The summed E-state index contributed by atoms with van der Waals surface area (Å²) < 4.78 is 17.5. The number of methoxy groups -OCH3 is 1. The third-order valence-corrected chi connectivity index (χ3v) is 8.04. The van der Waals surface area contributed by atoms with Gasteiger partial charge in [-0.05, 0) is 62.8 Å². The van der Waals surface area contributed by atoms with E-state index in [4.69, 9.17) is 14.2 Å². The van der Waals surface area contributed by atoms with Gasteiger partial charge < -0.3 is 29.1 Å². The first-order valence-electron chi connectivity index (χ1n) is 13.6. The van der Waals surface area contributed by atoms with Gasteiger partial charge in [0.25, 0.3) is 5.91 Å². The minimum absolute atomic E-state index is 0.0713. The van der Waals surface area contributed by atoms with E-state index in [1.165, 1.54) is 0 Å². The molecule has 0 radical (unpaired) electrons. The second-order valence-corrected chi connectivity index (χ2v) is 10.3. The molecule has 5 rings (SSSR count). The number of amides is 2. The van der Waals surface area contributed by atoms with E-state index in [0.717, 1.165) is 19.3 Å². The molecule has 1 aromatic rings. The highest BCUT2D eigenvalue weighted by Crippen LogP contribution is 2.53. The number of carbonyl (C=O) groups is 3. The van der Waals surface area contributed by atoms with Crippen molar-refractivity contribution in [1.29, 1.82) is 0 Å². The molecule has 0 bridgehead atoms. The first-order chi connectivity index (χ1) is 18.5. The first-order valence-corrected chi connectivity index (χ1v) is 13.6. The summed E-state index contributed by atoms with van der Waals surface area (Å²) in [6, 6.07) is 6.30. The highest BCUT2D eigenvalue weighted by molar-refractivity contribution is 6.05. The largest absolute Gasteiger partial charge is 0.497 e. The van der Waals surface area contributed by atoms with Gasteiger partial charge in [-0.1, -0.05) is 24.3 Å². The van der Waals surface area contributed by atoms with Crippen LogP contribution in [0.3, 0.4) is 0 Å². The molecule has 38 heavy (non-hydrogen) atoms. The predicted octanol–water partition coefficient (Wildman–Crippen LogP) is 2.62. The second kappa shape index (κ2) is 11.3. The molecule has 4 aliphatic rings.